The van der Waals surface area contributed by atoms with E-state index in [0.717, 1.165) is 34.4 Å². The lowest BCUT2D eigenvalue weighted by molar-refractivity contribution is 0.112. The van der Waals surface area contributed by atoms with Crippen LogP contribution in [0.4, 0.5) is 0 Å². The monoisotopic (exact) mass is 244 g/mol. The molecule has 4 nitrogen and oxygen atoms in total. The number of aldehydes is 1. The highest BCUT2D eigenvalue weighted by Gasteiger charge is 2.17. The topological polar surface area (TPSA) is 44.1 Å². The second-order valence-corrected chi connectivity index (χ2v) is 4.35. The third-order valence-electron chi connectivity index (χ3n) is 2.99. The van der Waals surface area contributed by atoms with Gasteiger partial charge in [-0.1, -0.05) is 6.07 Å². The minimum Gasteiger partial charge on any atom is -0.496 e. The number of hydrogen-bond donors (Lipinski definition) is 0. The van der Waals surface area contributed by atoms with E-state index in [4.69, 9.17) is 4.74 Å². The molecule has 1 heterocycles. The van der Waals surface area contributed by atoms with Gasteiger partial charge in [0.15, 0.2) is 6.29 Å². The molecule has 0 radical (unpaired) electrons. The molecule has 0 N–H and O–H groups in total. The van der Waals surface area contributed by atoms with Crippen molar-refractivity contribution in [1.29, 1.82) is 0 Å². The lowest BCUT2D eigenvalue weighted by Gasteiger charge is -2.14. The van der Waals surface area contributed by atoms with Gasteiger partial charge in [0.1, 0.15) is 5.75 Å². The predicted molar refractivity (Wildman–Crippen MR) is 70.1 cm³/mol. The summed E-state index contributed by atoms with van der Waals surface area (Å²) in [5, 5.41) is 4.13. The molecule has 18 heavy (non-hydrogen) atoms. The van der Waals surface area contributed by atoms with Crippen LogP contribution in [0.3, 0.4) is 0 Å². The number of ether oxygens (including phenoxy) is 1. The van der Waals surface area contributed by atoms with Crippen molar-refractivity contribution >= 4 is 6.29 Å². The molecular weight excluding hydrogens is 228 g/mol. The van der Waals surface area contributed by atoms with Crippen LogP contribution < -0.4 is 4.74 Å². The van der Waals surface area contributed by atoms with Crippen LogP contribution >= 0.6 is 0 Å². The van der Waals surface area contributed by atoms with Crippen LogP contribution in [0.15, 0.2) is 18.3 Å². The number of benzene rings is 1. The Morgan fingerprint density at radius 2 is 2.06 bits per heavy atom. The van der Waals surface area contributed by atoms with E-state index in [1.165, 1.54) is 0 Å². The van der Waals surface area contributed by atoms with Crippen LogP contribution in [0, 0.1) is 13.8 Å². The first-order valence-corrected chi connectivity index (χ1v) is 5.71. The number of hydrogen-bond acceptors (Lipinski definition) is 3. The van der Waals surface area contributed by atoms with E-state index in [2.05, 4.69) is 11.2 Å². The molecule has 0 fully saturated rings. The van der Waals surface area contributed by atoms with Crippen LogP contribution in [0.1, 0.15) is 21.5 Å². The van der Waals surface area contributed by atoms with E-state index in [-0.39, 0.29) is 0 Å². The summed E-state index contributed by atoms with van der Waals surface area (Å²) < 4.78 is 7.13. The van der Waals surface area contributed by atoms with Crippen molar-refractivity contribution < 1.29 is 9.53 Å². The molecule has 0 spiro atoms. The van der Waals surface area contributed by atoms with E-state index in [9.17, 15) is 4.79 Å². The molecule has 0 aliphatic rings. The fraction of sp³-hybridized carbons (Fsp3) is 0.286. The van der Waals surface area contributed by atoms with Crippen LogP contribution in [0.2, 0.25) is 0 Å². The zero-order valence-corrected chi connectivity index (χ0v) is 11.0. The molecule has 0 amide bonds. The zero-order valence-electron chi connectivity index (χ0n) is 11.0. The average molecular weight is 244 g/mol. The van der Waals surface area contributed by atoms with Gasteiger partial charge in [-0.3, -0.25) is 9.48 Å². The van der Waals surface area contributed by atoms with Crippen molar-refractivity contribution in [1.82, 2.24) is 9.78 Å². The maximum atomic E-state index is 11.1. The van der Waals surface area contributed by atoms with Gasteiger partial charge in [0.05, 0.1) is 24.6 Å². The van der Waals surface area contributed by atoms with Gasteiger partial charge >= 0.3 is 0 Å². The Labute approximate surface area is 106 Å². The molecule has 4 heteroatoms. The van der Waals surface area contributed by atoms with E-state index in [1.807, 2.05) is 27.0 Å². The van der Waals surface area contributed by atoms with Gasteiger partial charge in [0, 0.05) is 12.6 Å². The van der Waals surface area contributed by atoms with Crippen molar-refractivity contribution in [3.8, 4) is 17.0 Å². The fourth-order valence-electron chi connectivity index (χ4n) is 2.24. The van der Waals surface area contributed by atoms with Gasteiger partial charge in [0.25, 0.3) is 0 Å². The molecule has 94 valence electrons. The smallest absolute Gasteiger partial charge is 0.153 e. The second-order valence-electron chi connectivity index (χ2n) is 4.35. The highest BCUT2D eigenvalue weighted by Crippen LogP contribution is 2.35. The minimum absolute atomic E-state index is 0.572. The first-order chi connectivity index (χ1) is 8.58. The lowest BCUT2D eigenvalue weighted by Crippen LogP contribution is -2.00. The Morgan fingerprint density at radius 1 is 1.33 bits per heavy atom. The number of methoxy groups -OCH3 is 1. The molecule has 2 rings (SSSR count). The quantitative estimate of drug-likeness (QED) is 0.779. The Balaban J connectivity index is 2.77. The van der Waals surface area contributed by atoms with Crippen molar-refractivity contribution in [2.45, 2.75) is 13.8 Å². The summed E-state index contributed by atoms with van der Waals surface area (Å²) >= 11 is 0. The number of aryl methyl sites for hydroxylation is 3. The third-order valence-corrected chi connectivity index (χ3v) is 2.99. The molecule has 1 aromatic heterocycles. The number of aromatic nitrogens is 2. The normalized spacial score (nSPS) is 10.4. The van der Waals surface area contributed by atoms with Gasteiger partial charge in [-0.05, 0) is 31.0 Å². The molecule has 0 saturated carbocycles. The molecule has 0 aliphatic carbocycles. The van der Waals surface area contributed by atoms with Crippen molar-refractivity contribution in [2.75, 3.05) is 7.11 Å². The van der Waals surface area contributed by atoms with Gasteiger partial charge in [-0.15, -0.1) is 0 Å². The Bertz CT molecular complexity index is 600. The van der Waals surface area contributed by atoms with Crippen LogP contribution in [0.25, 0.3) is 11.3 Å². The average Bonchev–Trinajstić information content (AvgIpc) is 2.69. The Hall–Kier alpha value is -2.10. The van der Waals surface area contributed by atoms with Gasteiger partial charge < -0.3 is 4.74 Å². The van der Waals surface area contributed by atoms with E-state index >= 15 is 0 Å². The number of rotatable bonds is 3. The van der Waals surface area contributed by atoms with Crippen molar-refractivity contribution in [2.24, 2.45) is 7.05 Å². The number of carbonyl (C=O) groups excluding carboxylic acids is 1. The van der Waals surface area contributed by atoms with Crippen LogP contribution in [-0.2, 0) is 7.05 Å². The highest BCUT2D eigenvalue weighted by atomic mass is 16.5. The summed E-state index contributed by atoms with van der Waals surface area (Å²) in [7, 11) is 3.45. The van der Waals surface area contributed by atoms with E-state index in [1.54, 1.807) is 18.0 Å². The number of nitrogens with zero attached hydrogens (tertiary/aromatic N) is 2. The van der Waals surface area contributed by atoms with Crippen LogP contribution in [-0.4, -0.2) is 23.2 Å². The second kappa shape index (κ2) is 4.64. The fourth-order valence-corrected chi connectivity index (χ4v) is 2.24. The number of carbonyl (C=O) groups is 1. The summed E-state index contributed by atoms with van der Waals surface area (Å²) in [5.74, 6) is 0.763. The Morgan fingerprint density at radius 3 is 2.67 bits per heavy atom. The zero-order chi connectivity index (χ0) is 13.3. The molecule has 0 aliphatic heterocycles. The van der Waals surface area contributed by atoms with Crippen molar-refractivity contribution in [3.63, 3.8) is 0 Å². The standard InChI is InChI=1S/C14H16N2O2/c1-9-5-10(2)13(12(6-9)18-4)14-11(8-17)7-15-16(14)3/h5-8H,1-4H3. The summed E-state index contributed by atoms with van der Waals surface area (Å²) in [5.41, 5.74) is 4.48. The molecular formula is C14H16N2O2. The Kier molecular flexibility index (Phi) is 3.19. The van der Waals surface area contributed by atoms with Crippen molar-refractivity contribution in [3.05, 3.63) is 35.0 Å². The first kappa shape index (κ1) is 12.4. The van der Waals surface area contributed by atoms with Gasteiger partial charge in [0.2, 0.25) is 0 Å². The largest absolute Gasteiger partial charge is 0.496 e. The lowest BCUT2D eigenvalue weighted by atomic mass is 9.99. The summed E-state index contributed by atoms with van der Waals surface area (Å²) in [6, 6.07) is 4.03. The molecule has 0 unspecified atom stereocenters. The van der Waals surface area contributed by atoms with E-state index in [0.29, 0.717) is 5.56 Å². The first-order valence-electron chi connectivity index (χ1n) is 5.71. The molecule has 1 aromatic carbocycles. The SMILES string of the molecule is COc1cc(C)cc(C)c1-c1c(C=O)cnn1C. The summed E-state index contributed by atoms with van der Waals surface area (Å²) in [6.45, 7) is 4.02. The molecule has 0 bridgehead atoms. The van der Waals surface area contributed by atoms with Crippen LogP contribution in [0.5, 0.6) is 5.75 Å². The van der Waals surface area contributed by atoms with Gasteiger partial charge in [-0.2, -0.15) is 5.10 Å². The highest BCUT2D eigenvalue weighted by molar-refractivity contribution is 5.88. The summed E-state index contributed by atoms with van der Waals surface area (Å²) in [4.78, 5) is 11.1. The molecule has 0 saturated heterocycles. The third kappa shape index (κ3) is 1.90. The minimum atomic E-state index is 0.572. The van der Waals surface area contributed by atoms with Gasteiger partial charge in [-0.25, -0.2) is 0 Å². The maximum absolute atomic E-state index is 11.1. The summed E-state index contributed by atoms with van der Waals surface area (Å²) in [6.07, 6.45) is 2.39. The van der Waals surface area contributed by atoms with E-state index < -0.39 is 0 Å². The molecule has 0 atom stereocenters. The molecule has 2 aromatic rings. The maximum Gasteiger partial charge on any atom is 0.153 e. The predicted octanol–water partition coefficient (Wildman–Crippen LogP) is 2.53.